The molecule has 6 atom stereocenters. The van der Waals surface area contributed by atoms with E-state index in [1.807, 2.05) is 19.9 Å². The van der Waals surface area contributed by atoms with Gasteiger partial charge in [0.15, 0.2) is 17.2 Å². The van der Waals surface area contributed by atoms with E-state index in [1.165, 1.54) is 0 Å². The maximum absolute atomic E-state index is 15.5. The molecule has 2 saturated carbocycles. The molecular formula is C22H29FO2. The second-order valence-electron chi connectivity index (χ2n) is 9.34. The van der Waals surface area contributed by atoms with Gasteiger partial charge in [0.25, 0.3) is 0 Å². The molecule has 0 radical (unpaired) electrons. The first kappa shape index (κ1) is 17.2. The Bertz CT molecular complexity index is 692. The molecule has 3 unspecified atom stereocenters. The minimum absolute atomic E-state index is 0.00399. The van der Waals surface area contributed by atoms with Crippen molar-refractivity contribution in [1.29, 1.82) is 0 Å². The molecule has 25 heavy (non-hydrogen) atoms. The predicted molar refractivity (Wildman–Crippen MR) is 95.8 cm³/mol. The smallest absolute Gasteiger partial charge is 0.176 e. The zero-order chi connectivity index (χ0) is 18.0. The topological polar surface area (TPSA) is 34.1 Å². The van der Waals surface area contributed by atoms with Gasteiger partial charge >= 0.3 is 0 Å². The SMILES string of the molecule is CCC[C@]1(F)CC2C3C=CC4=CC(=O)CC[C@]4(C)C3CC[C@]2(C)C1=O. The van der Waals surface area contributed by atoms with Crippen molar-refractivity contribution in [3.05, 3.63) is 23.8 Å². The lowest BCUT2D eigenvalue weighted by molar-refractivity contribution is -0.138. The van der Waals surface area contributed by atoms with Crippen molar-refractivity contribution in [3.63, 3.8) is 0 Å². The summed E-state index contributed by atoms with van der Waals surface area (Å²) in [5.74, 6) is 0.865. The van der Waals surface area contributed by atoms with E-state index in [-0.39, 0.29) is 28.8 Å². The number of fused-ring (bicyclic) bond motifs is 5. The van der Waals surface area contributed by atoms with Crippen LogP contribution in [0.5, 0.6) is 0 Å². The number of hydrogen-bond donors (Lipinski definition) is 0. The van der Waals surface area contributed by atoms with Gasteiger partial charge in [0, 0.05) is 11.8 Å². The normalized spacial score (nSPS) is 48.6. The maximum Gasteiger partial charge on any atom is 0.176 e. The fourth-order valence-electron chi connectivity index (χ4n) is 6.55. The van der Waals surface area contributed by atoms with Crippen LogP contribution in [0, 0.1) is 28.6 Å². The lowest BCUT2D eigenvalue weighted by Gasteiger charge is -2.54. The van der Waals surface area contributed by atoms with Crippen molar-refractivity contribution in [3.8, 4) is 0 Å². The van der Waals surface area contributed by atoms with Crippen LogP contribution < -0.4 is 0 Å². The van der Waals surface area contributed by atoms with E-state index in [9.17, 15) is 9.59 Å². The van der Waals surface area contributed by atoms with Crippen molar-refractivity contribution in [1.82, 2.24) is 0 Å². The van der Waals surface area contributed by atoms with Gasteiger partial charge in [0.05, 0.1) is 0 Å². The number of Topliss-reactive ketones (excluding diaryl/α,β-unsaturated/α-hetero) is 1. The van der Waals surface area contributed by atoms with Crippen LogP contribution >= 0.6 is 0 Å². The fourth-order valence-corrected chi connectivity index (χ4v) is 6.55. The Balaban J connectivity index is 1.74. The van der Waals surface area contributed by atoms with E-state index >= 15 is 4.39 Å². The number of rotatable bonds is 2. The average molecular weight is 344 g/mol. The van der Waals surface area contributed by atoms with Gasteiger partial charge in [-0.1, -0.05) is 39.3 Å². The van der Waals surface area contributed by atoms with Crippen molar-refractivity contribution < 1.29 is 14.0 Å². The highest BCUT2D eigenvalue weighted by molar-refractivity contribution is 5.95. The number of allylic oxidation sites excluding steroid dienone is 4. The lowest BCUT2D eigenvalue weighted by Crippen LogP contribution is -2.49. The Hall–Kier alpha value is -1.25. The second-order valence-corrected chi connectivity index (χ2v) is 9.34. The molecule has 4 aliphatic rings. The van der Waals surface area contributed by atoms with Gasteiger partial charge in [0.1, 0.15) is 0 Å². The zero-order valence-electron chi connectivity index (χ0n) is 15.6. The van der Waals surface area contributed by atoms with Crippen LogP contribution in [0.4, 0.5) is 4.39 Å². The Morgan fingerprint density at radius 3 is 2.64 bits per heavy atom. The molecule has 0 aromatic carbocycles. The van der Waals surface area contributed by atoms with Gasteiger partial charge in [0.2, 0.25) is 0 Å². The van der Waals surface area contributed by atoms with E-state index < -0.39 is 11.1 Å². The van der Waals surface area contributed by atoms with Crippen molar-refractivity contribution in [2.75, 3.05) is 0 Å². The third kappa shape index (κ3) is 2.20. The highest BCUT2D eigenvalue weighted by Crippen LogP contribution is 2.65. The van der Waals surface area contributed by atoms with E-state index in [0.29, 0.717) is 31.6 Å². The molecule has 0 aliphatic heterocycles. The van der Waals surface area contributed by atoms with Gasteiger partial charge in [-0.15, -0.1) is 0 Å². The molecule has 4 rings (SSSR count). The highest BCUT2D eigenvalue weighted by Gasteiger charge is 2.65. The summed E-state index contributed by atoms with van der Waals surface area (Å²) in [7, 11) is 0. The molecule has 136 valence electrons. The third-order valence-electron chi connectivity index (χ3n) is 8.02. The summed E-state index contributed by atoms with van der Waals surface area (Å²) in [5, 5.41) is 0. The number of halogens is 1. The fraction of sp³-hybridized carbons (Fsp3) is 0.727. The van der Waals surface area contributed by atoms with Crippen molar-refractivity contribution in [2.24, 2.45) is 28.6 Å². The molecular weight excluding hydrogens is 315 g/mol. The largest absolute Gasteiger partial charge is 0.295 e. The van der Waals surface area contributed by atoms with E-state index in [0.717, 1.165) is 24.8 Å². The van der Waals surface area contributed by atoms with Gasteiger partial charge in [-0.2, -0.15) is 0 Å². The molecule has 3 heteroatoms. The Labute approximate surface area is 149 Å². The lowest BCUT2D eigenvalue weighted by atomic mass is 9.49. The molecule has 0 aromatic rings. The third-order valence-corrected chi connectivity index (χ3v) is 8.02. The van der Waals surface area contributed by atoms with Gasteiger partial charge in [-0.25, -0.2) is 4.39 Å². The molecule has 0 N–H and O–H groups in total. The number of carbonyl (C=O) groups is 2. The first-order valence-electron chi connectivity index (χ1n) is 9.92. The molecule has 0 spiro atoms. The molecule has 0 aromatic heterocycles. The minimum Gasteiger partial charge on any atom is -0.295 e. The van der Waals surface area contributed by atoms with Gasteiger partial charge < -0.3 is 0 Å². The van der Waals surface area contributed by atoms with Gasteiger partial charge in [-0.3, -0.25) is 9.59 Å². The Kier molecular flexibility index (Phi) is 3.69. The maximum atomic E-state index is 15.5. The number of carbonyl (C=O) groups excluding carboxylic acids is 2. The average Bonchev–Trinajstić information content (AvgIpc) is 2.77. The molecule has 0 saturated heterocycles. The molecule has 0 amide bonds. The molecule has 4 aliphatic carbocycles. The van der Waals surface area contributed by atoms with Crippen LogP contribution in [0.15, 0.2) is 23.8 Å². The van der Waals surface area contributed by atoms with Crippen molar-refractivity contribution in [2.45, 2.75) is 71.4 Å². The summed E-state index contributed by atoms with van der Waals surface area (Å²) >= 11 is 0. The van der Waals surface area contributed by atoms with Crippen LogP contribution in [-0.2, 0) is 9.59 Å². The van der Waals surface area contributed by atoms with E-state index in [2.05, 4.69) is 19.1 Å². The molecule has 0 heterocycles. The summed E-state index contributed by atoms with van der Waals surface area (Å²) in [6.07, 6.45) is 10.8. The van der Waals surface area contributed by atoms with Crippen LogP contribution in [0.3, 0.4) is 0 Å². The monoisotopic (exact) mass is 344 g/mol. The van der Waals surface area contributed by atoms with Crippen LogP contribution in [0.1, 0.15) is 65.7 Å². The first-order valence-corrected chi connectivity index (χ1v) is 9.92. The van der Waals surface area contributed by atoms with Crippen LogP contribution in [0.25, 0.3) is 0 Å². The first-order chi connectivity index (χ1) is 11.7. The van der Waals surface area contributed by atoms with E-state index in [1.54, 1.807) is 0 Å². The zero-order valence-corrected chi connectivity index (χ0v) is 15.6. The van der Waals surface area contributed by atoms with Crippen LogP contribution in [-0.4, -0.2) is 17.2 Å². The Morgan fingerprint density at radius 1 is 1.16 bits per heavy atom. The molecule has 0 bridgehead atoms. The quantitative estimate of drug-likeness (QED) is 0.708. The van der Waals surface area contributed by atoms with Gasteiger partial charge in [-0.05, 0) is 66.9 Å². The standard InChI is InChI=1S/C22H29FO2/c1-4-9-22(23)13-18-16-6-5-14-12-15(24)7-10-20(14,2)17(16)8-11-21(18,3)19(22)25/h5-6,12,16-18H,4,7-11,13H2,1-3H3/t16?,17?,18?,20-,21-,22-/m0/s1. The Morgan fingerprint density at radius 2 is 1.92 bits per heavy atom. The summed E-state index contributed by atoms with van der Waals surface area (Å²) in [6.45, 7) is 6.25. The summed E-state index contributed by atoms with van der Waals surface area (Å²) < 4.78 is 15.5. The number of ketones is 2. The highest BCUT2D eigenvalue weighted by atomic mass is 19.1. The predicted octanol–water partition coefficient (Wildman–Crippen LogP) is 4.98. The van der Waals surface area contributed by atoms with Crippen LogP contribution in [0.2, 0.25) is 0 Å². The molecule has 2 fully saturated rings. The second kappa shape index (κ2) is 5.37. The number of alkyl halides is 1. The minimum atomic E-state index is -1.63. The number of hydrogen-bond acceptors (Lipinski definition) is 2. The molecule has 2 nitrogen and oxygen atoms in total. The summed E-state index contributed by atoms with van der Waals surface area (Å²) in [4.78, 5) is 24.8. The van der Waals surface area contributed by atoms with E-state index in [4.69, 9.17) is 0 Å². The summed E-state index contributed by atoms with van der Waals surface area (Å²) in [6, 6.07) is 0. The summed E-state index contributed by atoms with van der Waals surface area (Å²) in [5.41, 5.74) is -0.990. The van der Waals surface area contributed by atoms with Crippen molar-refractivity contribution >= 4 is 11.6 Å².